The van der Waals surface area contributed by atoms with Gasteiger partial charge in [0.25, 0.3) is 0 Å². The fraction of sp³-hybridized carbons (Fsp3) is 0.278. The highest BCUT2D eigenvalue weighted by molar-refractivity contribution is 5.70. The predicted molar refractivity (Wildman–Crippen MR) is 86.3 cm³/mol. The first-order valence-electron chi connectivity index (χ1n) is 7.44. The van der Waals surface area contributed by atoms with Gasteiger partial charge < -0.3 is 15.9 Å². The van der Waals surface area contributed by atoms with Crippen LogP contribution < -0.4 is 5.73 Å². The average Bonchev–Trinajstić information content (AvgIpc) is 2.53. The molecule has 0 saturated carbocycles. The smallest absolute Gasteiger partial charge is 0.308 e. The van der Waals surface area contributed by atoms with Crippen LogP contribution in [0.3, 0.4) is 0 Å². The Kier molecular flexibility index (Phi) is 5.84. The molecule has 0 aliphatic rings. The lowest BCUT2D eigenvalue weighted by Gasteiger charge is -2.16. The summed E-state index contributed by atoms with van der Waals surface area (Å²) in [7, 11) is 0. The highest BCUT2D eigenvalue weighted by Crippen LogP contribution is 2.23. The largest absolute Gasteiger partial charge is 0.481 e. The molecule has 0 fully saturated rings. The zero-order chi connectivity index (χ0) is 16.8. The minimum Gasteiger partial charge on any atom is -0.481 e. The van der Waals surface area contributed by atoms with E-state index >= 15 is 0 Å². The van der Waals surface area contributed by atoms with Gasteiger partial charge in [0.05, 0.1) is 12.5 Å². The minimum absolute atomic E-state index is 0.209. The Labute approximate surface area is 134 Å². The van der Waals surface area contributed by atoms with Crippen molar-refractivity contribution >= 4 is 5.97 Å². The molecule has 0 amide bonds. The number of carbonyl (C=O) groups is 1. The molecule has 0 radical (unpaired) electrons. The zero-order valence-electron chi connectivity index (χ0n) is 12.7. The Morgan fingerprint density at radius 3 is 2.35 bits per heavy atom. The summed E-state index contributed by atoms with van der Waals surface area (Å²) in [5.41, 5.74) is 8.22. The summed E-state index contributed by atoms with van der Waals surface area (Å²) in [4.78, 5) is 10.9. The molecule has 122 valence electrons. The Morgan fingerprint density at radius 1 is 1.13 bits per heavy atom. The Balaban J connectivity index is 2.03. The number of carboxylic acid groups (broad SMARTS) is 1. The number of halogens is 1. The van der Waals surface area contributed by atoms with E-state index in [1.165, 1.54) is 6.07 Å². The van der Waals surface area contributed by atoms with Crippen molar-refractivity contribution in [3.05, 3.63) is 59.9 Å². The summed E-state index contributed by atoms with van der Waals surface area (Å²) in [6.07, 6.45) is 0.711. The topological polar surface area (TPSA) is 83.5 Å². The van der Waals surface area contributed by atoms with Gasteiger partial charge in [-0.05, 0) is 30.0 Å². The third-order valence-corrected chi connectivity index (χ3v) is 3.79. The summed E-state index contributed by atoms with van der Waals surface area (Å²) < 4.78 is 13.7. The quantitative estimate of drug-likeness (QED) is 0.732. The molecule has 23 heavy (non-hydrogen) atoms. The normalized spacial score (nSPS) is 13.5. The van der Waals surface area contributed by atoms with Crippen LogP contribution in [0.15, 0.2) is 48.5 Å². The maximum atomic E-state index is 13.7. The van der Waals surface area contributed by atoms with Crippen LogP contribution >= 0.6 is 0 Å². The number of hydrogen-bond donors (Lipinski definition) is 3. The number of aliphatic hydroxyl groups excluding tert-OH is 1. The van der Waals surface area contributed by atoms with Crippen molar-refractivity contribution in [1.29, 1.82) is 0 Å². The number of aliphatic carboxylic acids is 1. The molecule has 2 aromatic carbocycles. The SMILES string of the molecule is N[C@H](Cc1ccc(-c2ccccc2F)cc1)C[C@@H](CO)C(=O)O. The van der Waals surface area contributed by atoms with E-state index in [1.54, 1.807) is 18.2 Å². The van der Waals surface area contributed by atoms with Gasteiger partial charge in [0.1, 0.15) is 5.82 Å². The molecule has 0 unspecified atom stereocenters. The first kappa shape index (κ1) is 17.1. The zero-order valence-corrected chi connectivity index (χ0v) is 12.7. The summed E-state index contributed by atoms with van der Waals surface area (Å²) in [5, 5.41) is 18.0. The molecule has 0 heterocycles. The van der Waals surface area contributed by atoms with Crippen molar-refractivity contribution in [2.75, 3.05) is 6.61 Å². The molecule has 5 heteroatoms. The summed E-state index contributed by atoms with van der Waals surface area (Å²) in [6, 6.07) is 13.6. The van der Waals surface area contributed by atoms with Crippen molar-refractivity contribution < 1.29 is 19.4 Å². The van der Waals surface area contributed by atoms with Crippen LogP contribution in [0.25, 0.3) is 11.1 Å². The molecule has 2 aromatic rings. The molecule has 4 nitrogen and oxygen atoms in total. The fourth-order valence-corrected chi connectivity index (χ4v) is 2.52. The lowest BCUT2D eigenvalue weighted by Crippen LogP contribution is -2.31. The first-order valence-corrected chi connectivity index (χ1v) is 7.44. The molecule has 0 aliphatic heterocycles. The van der Waals surface area contributed by atoms with Gasteiger partial charge in [0.2, 0.25) is 0 Å². The summed E-state index contributed by atoms with van der Waals surface area (Å²) in [6.45, 7) is -0.421. The maximum Gasteiger partial charge on any atom is 0.308 e. The number of rotatable bonds is 7. The van der Waals surface area contributed by atoms with Crippen LogP contribution in [0.1, 0.15) is 12.0 Å². The van der Waals surface area contributed by atoms with Crippen LogP contribution in [0, 0.1) is 11.7 Å². The number of aliphatic hydroxyl groups is 1. The van der Waals surface area contributed by atoms with Crippen molar-refractivity contribution in [3.63, 3.8) is 0 Å². The van der Waals surface area contributed by atoms with E-state index in [1.807, 2.05) is 24.3 Å². The van der Waals surface area contributed by atoms with E-state index in [2.05, 4.69) is 0 Å². The standard InChI is InChI=1S/C18H20FNO3/c19-17-4-2-1-3-16(17)13-7-5-12(6-8-13)9-15(20)10-14(11-21)18(22)23/h1-8,14-15,21H,9-11,20H2,(H,22,23)/t14-,15+/m0/s1. The van der Waals surface area contributed by atoms with Crippen LogP contribution in [0.5, 0.6) is 0 Å². The summed E-state index contributed by atoms with van der Waals surface area (Å²) >= 11 is 0. The molecule has 2 atom stereocenters. The van der Waals surface area contributed by atoms with Crippen molar-refractivity contribution in [3.8, 4) is 11.1 Å². The molecule has 2 rings (SSSR count). The number of nitrogens with two attached hydrogens (primary N) is 1. The Morgan fingerprint density at radius 2 is 1.78 bits per heavy atom. The molecule has 0 aromatic heterocycles. The molecule has 0 bridgehead atoms. The van der Waals surface area contributed by atoms with E-state index in [0.29, 0.717) is 12.0 Å². The second-order valence-corrected chi connectivity index (χ2v) is 5.59. The van der Waals surface area contributed by atoms with Gasteiger partial charge in [-0.25, -0.2) is 4.39 Å². The minimum atomic E-state index is -1.04. The Bertz CT molecular complexity index is 658. The van der Waals surface area contributed by atoms with Crippen LogP contribution in [-0.4, -0.2) is 28.8 Å². The fourth-order valence-electron chi connectivity index (χ4n) is 2.52. The van der Waals surface area contributed by atoms with E-state index in [0.717, 1.165) is 11.1 Å². The molecular weight excluding hydrogens is 297 g/mol. The Hall–Kier alpha value is -2.24. The van der Waals surface area contributed by atoms with Gasteiger partial charge in [-0.15, -0.1) is 0 Å². The van der Waals surface area contributed by atoms with Crippen molar-refractivity contribution in [2.24, 2.45) is 11.7 Å². The first-order chi connectivity index (χ1) is 11.0. The van der Waals surface area contributed by atoms with Crippen LogP contribution in [0.4, 0.5) is 4.39 Å². The number of carboxylic acids is 1. The maximum absolute atomic E-state index is 13.7. The van der Waals surface area contributed by atoms with Crippen molar-refractivity contribution in [1.82, 2.24) is 0 Å². The van der Waals surface area contributed by atoms with E-state index in [9.17, 15) is 9.18 Å². The van der Waals surface area contributed by atoms with Gasteiger partial charge in [-0.2, -0.15) is 0 Å². The molecule has 4 N–H and O–H groups in total. The predicted octanol–water partition coefficient (Wildman–Crippen LogP) is 2.45. The van der Waals surface area contributed by atoms with E-state index in [4.69, 9.17) is 15.9 Å². The summed E-state index contributed by atoms with van der Waals surface area (Å²) in [5.74, 6) is -2.16. The average molecular weight is 317 g/mol. The van der Waals surface area contributed by atoms with Crippen LogP contribution in [0.2, 0.25) is 0 Å². The van der Waals surface area contributed by atoms with Gasteiger partial charge in [-0.1, -0.05) is 42.5 Å². The second-order valence-electron chi connectivity index (χ2n) is 5.59. The van der Waals surface area contributed by atoms with Gasteiger partial charge in [0.15, 0.2) is 0 Å². The monoisotopic (exact) mass is 317 g/mol. The highest BCUT2D eigenvalue weighted by atomic mass is 19.1. The van der Waals surface area contributed by atoms with E-state index < -0.39 is 18.5 Å². The molecule has 0 saturated heterocycles. The third-order valence-electron chi connectivity index (χ3n) is 3.79. The molecular formula is C18H20FNO3. The van der Waals surface area contributed by atoms with Crippen molar-refractivity contribution in [2.45, 2.75) is 18.9 Å². The van der Waals surface area contributed by atoms with Crippen LogP contribution in [-0.2, 0) is 11.2 Å². The van der Waals surface area contributed by atoms with Gasteiger partial charge >= 0.3 is 5.97 Å². The third kappa shape index (κ3) is 4.61. The molecule has 0 aliphatic carbocycles. The van der Waals surface area contributed by atoms with E-state index in [-0.39, 0.29) is 18.3 Å². The van der Waals surface area contributed by atoms with Gasteiger partial charge in [-0.3, -0.25) is 4.79 Å². The highest BCUT2D eigenvalue weighted by Gasteiger charge is 2.19. The number of hydrogen-bond acceptors (Lipinski definition) is 3. The molecule has 0 spiro atoms. The lowest BCUT2D eigenvalue weighted by molar-refractivity contribution is -0.143. The lowest BCUT2D eigenvalue weighted by atomic mass is 9.95. The second kappa shape index (κ2) is 7.85. The number of benzene rings is 2. The van der Waals surface area contributed by atoms with Gasteiger partial charge in [0, 0.05) is 11.6 Å².